The van der Waals surface area contributed by atoms with Crippen LogP contribution in [0.15, 0.2) is 30.3 Å². The van der Waals surface area contributed by atoms with E-state index < -0.39 is 0 Å². The maximum Gasteiger partial charge on any atom is 0.229 e. The second-order valence-corrected chi connectivity index (χ2v) is 3.19. The molecule has 1 fully saturated rings. The van der Waals surface area contributed by atoms with Crippen molar-refractivity contribution in [2.45, 2.75) is 18.9 Å². The molecule has 0 saturated carbocycles. The molecular formula is C10H11NO. The first-order valence-corrected chi connectivity index (χ1v) is 4.14. The van der Waals surface area contributed by atoms with E-state index in [-0.39, 0.29) is 11.8 Å². The summed E-state index contributed by atoms with van der Waals surface area (Å²) < 4.78 is 0. The summed E-state index contributed by atoms with van der Waals surface area (Å²) in [6.45, 7) is 2.03. The highest BCUT2D eigenvalue weighted by molar-refractivity contribution is 5.90. The van der Waals surface area contributed by atoms with Crippen LogP contribution in [0.4, 0.5) is 0 Å². The van der Waals surface area contributed by atoms with Gasteiger partial charge < -0.3 is 5.32 Å². The van der Waals surface area contributed by atoms with Gasteiger partial charge in [-0.15, -0.1) is 0 Å². The van der Waals surface area contributed by atoms with Crippen molar-refractivity contribution < 1.29 is 4.79 Å². The molecule has 1 amide bonds. The standard InChI is InChI=1S/C10H11NO/c1-7-9(10(12)11-7)8-5-3-2-4-6-8/h2-7,9H,1H3,(H,11,12). The SMILES string of the molecule is CC1NC(=O)C1c1ccccc1. The van der Waals surface area contributed by atoms with E-state index in [0.29, 0.717) is 6.04 Å². The molecule has 62 valence electrons. The van der Waals surface area contributed by atoms with E-state index in [4.69, 9.17) is 0 Å². The Kier molecular flexibility index (Phi) is 1.61. The first-order valence-electron chi connectivity index (χ1n) is 4.14. The Hall–Kier alpha value is -1.31. The Balaban J connectivity index is 2.26. The van der Waals surface area contributed by atoms with Gasteiger partial charge in [-0.2, -0.15) is 0 Å². The van der Waals surface area contributed by atoms with Crippen LogP contribution in [-0.4, -0.2) is 11.9 Å². The number of carbonyl (C=O) groups is 1. The number of β-lactam (4-membered cyclic amide) rings is 1. The maximum absolute atomic E-state index is 11.1. The van der Waals surface area contributed by atoms with Gasteiger partial charge in [0.05, 0.1) is 5.92 Å². The second-order valence-electron chi connectivity index (χ2n) is 3.19. The normalized spacial score (nSPS) is 27.6. The minimum Gasteiger partial charge on any atom is -0.352 e. The van der Waals surface area contributed by atoms with Gasteiger partial charge >= 0.3 is 0 Å². The Morgan fingerprint density at radius 1 is 1.25 bits per heavy atom. The van der Waals surface area contributed by atoms with Gasteiger partial charge in [0.25, 0.3) is 0 Å². The molecule has 1 aliphatic heterocycles. The van der Waals surface area contributed by atoms with Crippen LogP contribution in [0.3, 0.4) is 0 Å². The summed E-state index contributed by atoms with van der Waals surface area (Å²) >= 11 is 0. The lowest BCUT2D eigenvalue weighted by Gasteiger charge is -2.34. The van der Waals surface area contributed by atoms with Crippen LogP contribution in [-0.2, 0) is 4.79 Å². The molecule has 0 aromatic heterocycles. The topological polar surface area (TPSA) is 29.1 Å². The molecule has 2 heteroatoms. The number of rotatable bonds is 1. The summed E-state index contributed by atoms with van der Waals surface area (Å²) in [5.41, 5.74) is 1.12. The average molecular weight is 161 g/mol. The fraction of sp³-hybridized carbons (Fsp3) is 0.300. The lowest BCUT2D eigenvalue weighted by atomic mass is 9.85. The molecule has 2 unspecified atom stereocenters. The van der Waals surface area contributed by atoms with Gasteiger partial charge in [0, 0.05) is 6.04 Å². The maximum atomic E-state index is 11.1. The molecule has 0 bridgehead atoms. The largest absolute Gasteiger partial charge is 0.352 e. The zero-order valence-electron chi connectivity index (χ0n) is 6.95. The molecule has 1 aromatic rings. The van der Waals surface area contributed by atoms with Gasteiger partial charge in [-0.05, 0) is 12.5 Å². The lowest BCUT2D eigenvalue weighted by molar-refractivity contribution is -0.130. The molecule has 2 nitrogen and oxygen atoms in total. The number of hydrogen-bond acceptors (Lipinski definition) is 1. The van der Waals surface area contributed by atoms with E-state index in [0.717, 1.165) is 5.56 Å². The fourth-order valence-corrected chi connectivity index (χ4v) is 1.63. The summed E-state index contributed by atoms with van der Waals surface area (Å²) in [4.78, 5) is 11.1. The van der Waals surface area contributed by atoms with Gasteiger partial charge in [0.2, 0.25) is 5.91 Å². The van der Waals surface area contributed by atoms with E-state index in [1.165, 1.54) is 0 Å². The van der Waals surface area contributed by atoms with Crippen molar-refractivity contribution in [3.63, 3.8) is 0 Å². The molecule has 1 saturated heterocycles. The zero-order valence-corrected chi connectivity index (χ0v) is 6.95. The minimum absolute atomic E-state index is 0.0752. The van der Waals surface area contributed by atoms with Gasteiger partial charge in [-0.25, -0.2) is 0 Å². The van der Waals surface area contributed by atoms with Crippen molar-refractivity contribution in [2.75, 3.05) is 0 Å². The molecule has 1 heterocycles. The molecule has 1 aliphatic rings. The predicted octanol–water partition coefficient (Wildman–Crippen LogP) is 1.29. The quantitative estimate of drug-likeness (QED) is 0.618. The lowest BCUT2D eigenvalue weighted by Crippen LogP contribution is -2.54. The molecule has 0 aliphatic carbocycles. The first kappa shape index (κ1) is 7.35. The Labute approximate surface area is 71.6 Å². The van der Waals surface area contributed by atoms with Crippen LogP contribution in [0.1, 0.15) is 18.4 Å². The Morgan fingerprint density at radius 2 is 1.92 bits per heavy atom. The summed E-state index contributed by atoms with van der Waals surface area (Å²) in [6.07, 6.45) is 0. The predicted molar refractivity (Wildman–Crippen MR) is 46.8 cm³/mol. The van der Waals surface area contributed by atoms with Gasteiger partial charge in [0.1, 0.15) is 0 Å². The number of amides is 1. The van der Waals surface area contributed by atoms with Gasteiger partial charge in [0.15, 0.2) is 0 Å². The minimum atomic E-state index is 0.0752. The van der Waals surface area contributed by atoms with Crippen molar-refractivity contribution >= 4 is 5.91 Å². The summed E-state index contributed by atoms with van der Waals surface area (Å²) in [5, 5.41) is 2.82. The number of nitrogens with one attached hydrogen (secondary N) is 1. The fourth-order valence-electron chi connectivity index (χ4n) is 1.63. The molecule has 2 rings (SSSR count). The van der Waals surface area contributed by atoms with Crippen LogP contribution < -0.4 is 5.32 Å². The van der Waals surface area contributed by atoms with E-state index in [1.807, 2.05) is 37.3 Å². The van der Waals surface area contributed by atoms with Crippen LogP contribution >= 0.6 is 0 Å². The van der Waals surface area contributed by atoms with Gasteiger partial charge in [-0.1, -0.05) is 30.3 Å². The number of carbonyl (C=O) groups excluding carboxylic acids is 1. The van der Waals surface area contributed by atoms with Crippen LogP contribution in [0, 0.1) is 0 Å². The molecular weight excluding hydrogens is 150 g/mol. The molecule has 1 aromatic carbocycles. The third-order valence-corrected chi connectivity index (χ3v) is 2.31. The van der Waals surface area contributed by atoms with Crippen LogP contribution in [0.25, 0.3) is 0 Å². The van der Waals surface area contributed by atoms with Crippen LogP contribution in [0.2, 0.25) is 0 Å². The van der Waals surface area contributed by atoms with Crippen molar-refractivity contribution in [3.05, 3.63) is 35.9 Å². The second kappa shape index (κ2) is 2.63. The van der Waals surface area contributed by atoms with E-state index in [9.17, 15) is 4.79 Å². The van der Waals surface area contributed by atoms with E-state index in [1.54, 1.807) is 0 Å². The van der Waals surface area contributed by atoms with Crippen molar-refractivity contribution in [1.82, 2.24) is 5.32 Å². The van der Waals surface area contributed by atoms with E-state index in [2.05, 4.69) is 5.32 Å². The van der Waals surface area contributed by atoms with Crippen LogP contribution in [0.5, 0.6) is 0 Å². The molecule has 12 heavy (non-hydrogen) atoms. The average Bonchev–Trinajstić information content (AvgIpc) is 2.05. The highest BCUT2D eigenvalue weighted by Crippen LogP contribution is 2.26. The van der Waals surface area contributed by atoms with Crippen molar-refractivity contribution in [2.24, 2.45) is 0 Å². The molecule has 2 atom stereocenters. The zero-order chi connectivity index (χ0) is 8.55. The molecule has 1 N–H and O–H groups in total. The van der Waals surface area contributed by atoms with Gasteiger partial charge in [-0.3, -0.25) is 4.79 Å². The summed E-state index contributed by atoms with van der Waals surface area (Å²) in [7, 11) is 0. The highest BCUT2D eigenvalue weighted by Gasteiger charge is 2.36. The smallest absolute Gasteiger partial charge is 0.229 e. The van der Waals surface area contributed by atoms with Crippen molar-refractivity contribution in [1.29, 1.82) is 0 Å². The Morgan fingerprint density at radius 3 is 2.42 bits per heavy atom. The Bertz CT molecular complexity index is 294. The summed E-state index contributed by atoms with van der Waals surface area (Å²) in [5.74, 6) is 0.222. The van der Waals surface area contributed by atoms with Crippen molar-refractivity contribution in [3.8, 4) is 0 Å². The number of benzene rings is 1. The molecule has 0 spiro atoms. The van der Waals surface area contributed by atoms with E-state index >= 15 is 0 Å². The highest BCUT2D eigenvalue weighted by atomic mass is 16.2. The monoisotopic (exact) mass is 161 g/mol. The molecule has 0 radical (unpaired) electrons. The summed E-state index contributed by atoms with van der Waals surface area (Å²) in [6, 6.07) is 10.2. The third-order valence-electron chi connectivity index (χ3n) is 2.31. The third kappa shape index (κ3) is 0.998. The number of hydrogen-bond donors (Lipinski definition) is 1. The first-order chi connectivity index (χ1) is 5.79.